The van der Waals surface area contributed by atoms with Gasteiger partial charge in [0.15, 0.2) is 0 Å². The fourth-order valence-electron chi connectivity index (χ4n) is 3.67. The van der Waals surface area contributed by atoms with Gasteiger partial charge in [-0.2, -0.15) is 0 Å². The van der Waals surface area contributed by atoms with Crippen LogP contribution in [-0.2, 0) is 10.0 Å². The molecule has 1 heterocycles. The van der Waals surface area contributed by atoms with Gasteiger partial charge in [-0.25, -0.2) is 13.1 Å². The number of methoxy groups -OCH3 is 1. The minimum absolute atomic E-state index is 0.0988. The summed E-state index contributed by atoms with van der Waals surface area (Å²) in [7, 11) is 0.206. The molecule has 0 saturated carbocycles. The molecule has 0 amide bonds. The minimum Gasteiger partial charge on any atom is -0.497 e. The number of rotatable bonds is 7. The van der Waals surface area contributed by atoms with Gasteiger partial charge >= 0.3 is 0 Å². The lowest BCUT2D eigenvalue weighted by atomic mass is 10.0. The Bertz CT molecular complexity index is 859. The lowest BCUT2D eigenvalue weighted by molar-refractivity contribution is -1.02. The number of ether oxygens (including phenoxy) is 1. The van der Waals surface area contributed by atoms with Gasteiger partial charge in [0.1, 0.15) is 38.0 Å². The van der Waals surface area contributed by atoms with E-state index in [1.54, 1.807) is 31.4 Å². The highest BCUT2D eigenvalue weighted by atomic mass is 32.2. The van der Waals surface area contributed by atoms with Crippen LogP contribution in [0, 0.1) is 6.92 Å². The normalized spacial score (nSPS) is 21.2. The highest BCUT2D eigenvalue weighted by molar-refractivity contribution is 7.89. The molecule has 1 aliphatic heterocycles. The number of hydrogen-bond acceptors (Lipinski definition) is 3. The number of likely N-dealkylation sites (N-methyl/N-ethyl adjacent to an activating group) is 1. The zero-order chi connectivity index (χ0) is 20.1. The van der Waals surface area contributed by atoms with Gasteiger partial charge in [0.2, 0.25) is 10.0 Å². The van der Waals surface area contributed by atoms with Crippen LogP contribution in [0.4, 0.5) is 0 Å². The highest BCUT2D eigenvalue weighted by Crippen LogP contribution is 2.16. The molecule has 3 rings (SSSR count). The molecule has 28 heavy (non-hydrogen) atoms. The number of piperazine rings is 1. The van der Waals surface area contributed by atoms with Gasteiger partial charge in [-0.05, 0) is 31.2 Å². The maximum absolute atomic E-state index is 12.8. The maximum Gasteiger partial charge on any atom is 0.240 e. The monoisotopic (exact) mass is 405 g/mol. The Hall–Kier alpha value is -1.93. The molecule has 0 spiro atoms. The first-order valence-corrected chi connectivity index (χ1v) is 11.2. The van der Waals surface area contributed by atoms with Crippen LogP contribution in [0.25, 0.3) is 0 Å². The largest absolute Gasteiger partial charge is 0.497 e. The Morgan fingerprint density at radius 1 is 1.00 bits per heavy atom. The average Bonchev–Trinajstić information content (AvgIpc) is 2.70. The number of nitrogens with one attached hydrogen (secondary N) is 3. The van der Waals surface area contributed by atoms with E-state index in [9.17, 15) is 8.42 Å². The molecule has 0 aliphatic carbocycles. The molecule has 0 aromatic heterocycles. The van der Waals surface area contributed by atoms with Crippen LogP contribution >= 0.6 is 0 Å². The van der Waals surface area contributed by atoms with E-state index in [1.165, 1.54) is 20.9 Å². The molecule has 6 nitrogen and oxygen atoms in total. The predicted molar refractivity (Wildman–Crippen MR) is 109 cm³/mol. The molecule has 7 heteroatoms. The molecule has 2 aromatic carbocycles. The van der Waals surface area contributed by atoms with Crippen LogP contribution < -0.4 is 19.3 Å². The third kappa shape index (κ3) is 5.11. The Kier molecular flexibility index (Phi) is 6.72. The van der Waals surface area contributed by atoms with Crippen LogP contribution in [-0.4, -0.2) is 55.3 Å². The van der Waals surface area contributed by atoms with Crippen molar-refractivity contribution in [3.63, 3.8) is 0 Å². The Morgan fingerprint density at radius 2 is 1.61 bits per heavy atom. The topological polar surface area (TPSA) is 64.3 Å². The van der Waals surface area contributed by atoms with Crippen LogP contribution in [0.1, 0.15) is 17.2 Å². The van der Waals surface area contributed by atoms with Gasteiger partial charge in [-0.1, -0.05) is 29.8 Å². The molecular formula is C21H31N3O3S+2. The quantitative estimate of drug-likeness (QED) is 0.579. The molecule has 1 fully saturated rings. The average molecular weight is 406 g/mol. The van der Waals surface area contributed by atoms with E-state index in [0.717, 1.165) is 26.2 Å². The summed E-state index contributed by atoms with van der Waals surface area (Å²) in [4.78, 5) is 3.23. The smallest absolute Gasteiger partial charge is 0.240 e. The summed E-state index contributed by atoms with van der Waals surface area (Å²) < 4.78 is 33.5. The minimum atomic E-state index is -3.57. The highest BCUT2D eigenvalue weighted by Gasteiger charge is 2.30. The molecule has 0 unspecified atom stereocenters. The van der Waals surface area contributed by atoms with Crippen molar-refractivity contribution in [2.24, 2.45) is 0 Å². The number of hydrogen-bond donors (Lipinski definition) is 3. The summed E-state index contributed by atoms with van der Waals surface area (Å²) in [5.41, 5.74) is 2.39. The van der Waals surface area contributed by atoms with Crippen LogP contribution in [0.3, 0.4) is 0 Å². The van der Waals surface area contributed by atoms with E-state index in [0.29, 0.717) is 12.3 Å². The van der Waals surface area contributed by atoms with E-state index in [-0.39, 0.29) is 10.9 Å². The lowest BCUT2D eigenvalue weighted by Gasteiger charge is -2.33. The summed E-state index contributed by atoms with van der Waals surface area (Å²) in [5.74, 6) is 0.640. The van der Waals surface area contributed by atoms with E-state index < -0.39 is 10.0 Å². The van der Waals surface area contributed by atoms with Crippen molar-refractivity contribution in [2.45, 2.75) is 17.9 Å². The third-order valence-corrected chi connectivity index (χ3v) is 7.00. The Balaban J connectivity index is 1.77. The van der Waals surface area contributed by atoms with Gasteiger partial charge < -0.3 is 14.5 Å². The number of sulfonamides is 1. The molecule has 1 atom stereocenters. The van der Waals surface area contributed by atoms with Gasteiger partial charge in [0.05, 0.1) is 25.6 Å². The molecule has 1 saturated heterocycles. The first kappa shape index (κ1) is 20.8. The summed E-state index contributed by atoms with van der Waals surface area (Å²) >= 11 is 0. The van der Waals surface area contributed by atoms with Crippen LogP contribution in [0.2, 0.25) is 0 Å². The van der Waals surface area contributed by atoms with Gasteiger partial charge in [0.25, 0.3) is 0 Å². The first-order valence-electron chi connectivity index (χ1n) is 9.75. The second-order valence-electron chi connectivity index (χ2n) is 7.61. The molecular weight excluding hydrogens is 374 g/mol. The molecule has 3 N–H and O–H groups in total. The van der Waals surface area contributed by atoms with Crippen molar-refractivity contribution in [1.82, 2.24) is 4.72 Å². The van der Waals surface area contributed by atoms with Crippen molar-refractivity contribution in [2.75, 3.05) is 46.9 Å². The van der Waals surface area contributed by atoms with Crippen molar-refractivity contribution in [3.8, 4) is 5.75 Å². The fourth-order valence-corrected chi connectivity index (χ4v) is 4.72. The van der Waals surface area contributed by atoms with Gasteiger partial charge in [0, 0.05) is 5.56 Å². The van der Waals surface area contributed by atoms with Crippen LogP contribution in [0.5, 0.6) is 5.75 Å². The van der Waals surface area contributed by atoms with E-state index in [2.05, 4.69) is 43.0 Å². The summed E-state index contributed by atoms with van der Waals surface area (Å²) in [6, 6.07) is 15.0. The Labute approximate surface area is 168 Å². The second kappa shape index (κ2) is 9.05. The fraction of sp³-hybridized carbons (Fsp3) is 0.429. The van der Waals surface area contributed by atoms with E-state index in [1.807, 2.05) is 0 Å². The first-order chi connectivity index (χ1) is 13.4. The Morgan fingerprint density at radius 3 is 2.18 bits per heavy atom. The van der Waals surface area contributed by atoms with Crippen molar-refractivity contribution in [1.29, 1.82) is 0 Å². The van der Waals surface area contributed by atoms with E-state index in [4.69, 9.17) is 4.74 Å². The van der Waals surface area contributed by atoms with Crippen molar-refractivity contribution in [3.05, 3.63) is 59.7 Å². The van der Waals surface area contributed by atoms with E-state index >= 15 is 0 Å². The number of benzene rings is 2. The molecule has 2 aromatic rings. The number of quaternary nitrogens is 2. The zero-order valence-electron chi connectivity index (χ0n) is 16.9. The molecule has 1 aliphatic rings. The SMILES string of the molecule is COc1ccc(S(=O)(=O)NC[C@@H](c2ccc(C)cc2)[NH+]2CC[NH+](C)CC2)cc1. The lowest BCUT2D eigenvalue weighted by Crippen LogP contribution is -3.27. The predicted octanol–water partition coefficient (Wildman–Crippen LogP) is -0.564. The summed E-state index contributed by atoms with van der Waals surface area (Å²) in [5, 5.41) is 0. The molecule has 152 valence electrons. The second-order valence-corrected chi connectivity index (χ2v) is 9.37. The van der Waals surface area contributed by atoms with Crippen molar-refractivity contribution >= 4 is 10.0 Å². The van der Waals surface area contributed by atoms with Crippen LogP contribution in [0.15, 0.2) is 53.4 Å². The standard InChI is InChI=1S/C21H29N3O3S/c1-17-4-6-18(7-5-17)21(24-14-12-23(2)13-15-24)16-22-28(25,26)20-10-8-19(27-3)9-11-20/h4-11,21-22H,12-16H2,1-3H3/p+2/t21-/m0/s1. The summed E-state index contributed by atoms with van der Waals surface area (Å²) in [6.45, 7) is 6.72. The summed E-state index contributed by atoms with van der Waals surface area (Å²) in [6.07, 6.45) is 0. The third-order valence-electron chi connectivity index (χ3n) is 5.57. The van der Waals surface area contributed by atoms with Gasteiger partial charge in [-0.15, -0.1) is 0 Å². The van der Waals surface area contributed by atoms with Crippen molar-refractivity contribution < 1.29 is 23.0 Å². The molecule has 0 radical (unpaired) electrons. The number of aryl methyl sites for hydroxylation is 1. The molecule has 0 bridgehead atoms. The maximum atomic E-state index is 12.8. The van der Waals surface area contributed by atoms with Gasteiger partial charge in [-0.3, -0.25) is 0 Å². The zero-order valence-corrected chi connectivity index (χ0v) is 17.7.